The number of hydrogen-bond donors (Lipinski definition) is 1. The van der Waals surface area contributed by atoms with E-state index >= 15 is 0 Å². The van der Waals surface area contributed by atoms with Crippen LogP contribution in [-0.4, -0.2) is 80.2 Å². The lowest BCUT2D eigenvalue weighted by molar-refractivity contribution is 0.140. The highest BCUT2D eigenvalue weighted by Gasteiger charge is 2.21. The summed E-state index contributed by atoms with van der Waals surface area (Å²) in [6.45, 7) is 9.41. The molecular formula is C18H30N4O2. The predicted molar refractivity (Wildman–Crippen MR) is 97.8 cm³/mol. The Morgan fingerprint density at radius 2 is 1.88 bits per heavy atom. The Balaban J connectivity index is 1.86. The quantitative estimate of drug-likeness (QED) is 0.866. The molecule has 2 amide bonds. The number of piperazine rings is 1. The molecule has 0 saturated carbocycles. The molecule has 0 aromatic heterocycles. The SMILES string of the molecule is CC(C)Oc1ccccc1NC(=O)N1CCN(CCN(C)C)CC1. The molecule has 1 N–H and O–H groups in total. The van der Waals surface area contributed by atoms with Gasteiger partial charge in [0.25, 0.3) is 0 Å². The second-order valence-corrected chi connectivity index (χ2v) is 6.72. The molecule has 0 atom stereocenters. The van der Waals surface area contributed by atoms with E-state index in [1.807, 2.05) is 43.0 Å². The van der Waals surface area contributed by atoms with Gasteiger partial charge in [-0.15, -0.1) is 0 Å². The second kappa shape index (κ2) is 8.89. The van der Waals surface area contributed by atoms with Crippen molar-refractivity contribution in [1.82, 2.24) is 14.7 Å². The van der Waals surface area contributed by atoms with Crippen LogP contribution < -0.4 is 10.1 Å². The Hall–Kier alpha value is -1.79. The van der Waals surface area contributed by atoms with Crippen molar-refractivity contribution in [3.63, 3.8) is 0 Å². The van der Waals surface area contributed by atoms with Crippen molar-refractivity contribution in [2.45, 2.75) is 20.0 Å². The summed E-state index contributed by atoms with van der Waals surface area (Å²) in [4.78, 5) is 19.0. The molecule has 1 aliphatic rings. The zero-order valence-electron chi connectivity index (χ0n) is 15.3. The molecule has 2 rings (SSSR count). The van der Waals surface area contributed by atoms with Crippen LogP contribution in [0.3, 0.4) is 0 Å². The van der Waals surface area contributed by atoms with E-state index in [1.54, 1.807) is 0 Å². The fourth-order valence-corrected chi connectivity index (χ4v) is 2.64. The molecule has 0 aliphatic carbocycles. The zero-order chi connectivity index (χ0) is 17.5. The third kappa shape index (κ3) is 5.69. The van der Waals surface area contributed by atoms with Gasteiger partial charge in [0.2, 0.25) is 0 Å². The maximum Gasteiger partial charge on any atom is 0.322 e. The van der Waals surface area contributed by atoms with Crippen LogP contribution >= 0.6 is 0 Å². The summed E-state index contributed by atoms with van der Waals surface area (Å²) in [6, 6.07) is 7.53. The number of anilines is 1. The lowest BCUT2D eigenvalue weighted by Gasteiger charge is -2.35. The van der Waals surface area contributed by atoms with Crippen LogP contribution in [0.25, 0.3) is 0 Å². The third-order valence-corrected chi connectivity index (χ3v) is 4.01. The van der Waals surface area contributed by atoms with Gasteiger partial charge in [0, 0.05) is 39.3 Å². The van der Waals surface area contributed by atoms with Crippen molar-refractivity contribution in [3.05, 3.63) is 24.3 Å². The molecule has 1 aromatic carbocycles. The number of carbonyl (C=O) groups excluding carboxylic acids is 1. The fraction of sp³-hybridized carbons (Fsp3) is 0.611. The Labute approximate surface area is 145 Å². The van der Waals surface area contributed by atoms with E-state index in [4.69, 9.17) is 4.74 Å². The van der Waals surface area contributed by atoms with Gasteiger partial charge in [0.15, 0.2) is 0 Å². The van der Waals surface area contributed by atoms with E-state index in [9.17, 15) is 4.79 Å². The van der Waals surface area contributed by atoms with Crippen molar-refractivity contribution >= 4 is 11.7 Å². The number of nitrogens with zero attached hydrogens (tertiary/aromatic N) is 3. The molecule has 0 spiro atoms. The van der Waals surface area contributed by atoms with E-state index in [-0.39, 0.29) is 12.1 Å². The molecule has 134 valence electrons. The summed E-state index contributed by atoms with van der Waals surface area (Å²) in [5.41, 5.74) is 0.728. The number of benzene rings is 1. The van der Waals surface area contributed by atoms with Crippen molar-refractivity contribution in [2.24, 2.45) is 0 Å². The molecule has 1 fully saturated rings. The van der Waals surface area contributed by atoms with Crippen LogP contribution in [0.2, 0.25) is 0 Å². The molecule has 6 heteroatoms. The number of para-hydroxylation sites is 2. The van der Waals surface area contributed by atoms with E-state index in [2.05, 4.69) is 29.2 Å². The van der Waals surface area contributed by atoms with E-state index in [1.165, 1.54) is 0 Å². The Morgan fingerprint density at radius 3 is 2.50 bits per heavy atom. The minimum Gasteiger partial charge on any atom is -0.489 e. The first-order valence-corrected chi connectivity index (χ1v) is 8.64. The predicted octanol–water partition coefficient (Wildman–Crippen LogP) is 2.18. The molecule has 24 heavy (non-hydrogen) atoms. The van der Waals surface area contributed by atoms with Crippen LogP contribution in [0.15, 0.2) is 24.3 Å². The highest BCUT2D eigenvalue weighted by Crippen LogP contribution is 2.25. The molecule has 1 aromatic rings. The van der Waals surface area contributed by atoms with Crippen molar-refractivity contribution < 1.29 is 9.53 Å². The number of urea groups is 1. The standard InChI is InChI=1S/C18H30N4O2/c1-15(2)24-17-8-6-5-7-16(17)19-18(23)22-13-11-21(12-14-22)10-9-20(3)4/h5-8,15H,9-14H2,1-4H3,(H,19,23). The third-order valence-electron chi connectivity index (χ3n) is 4.01. The molecule has 1 heterocycles. The number of carbonyl (C=O) groups is 1. The Kier molecular flexibility index (Phi) is 6.87. The van der Waals surface area contributed by atoms with Gasteiger partial charge in [-0.1, -0.05) is 12.1 Å². The van der Waals surface area contributed by atoms with E-state index in [0.29, 0.717) is 5.75 Å². The number of amides is 2. The first-order valence-electron chi connectivity index (χ1n) is 8.64. The van der Waals surface area contributed by atoms with Gasteiger partial charge < -0.3 is 19.9 Å². The van der Waals surface area contributed by atoms with Gasteiger partial charge in [-0.25, -0.2) is 4.79 Å². The average Bonchev–Trinajstić information content (AvgIpc) is 2.54. The summed E-state index contributed by atoms with van der Waals surface area (Å²) in [5.74, 6) is 0.713. The first-order chi connectivity index (χ1) is 11.5. The summed E-state index contributed by atoms with van der Waals surface area (Å²) in [5, 5.41) is 2.99. The zero-order valence-corrected chi connectivity index (χ0v) is 15.3. The van der Waals surface area contributed by atoms with Gasteiger partial charge in [-0.3, -0.25) is 4.90 Å². The molecule has 0 radical (unpaired) electrons. The number of ether oxygens (including phenoxy) is 1. The van der Waals surface area contributed by atoms with E-state index in [0.717, 1.165) is 45.0 Å². The lowest BCUT2D eigenvalue weighted by atomic mass is 10.3. The van der Waals surface area contributed by atoms with Gasteiger partial charge >= 0.3 is 6.03 Å². The monoisotopic (exact) mass is 334 g/mol. The van der Waals surface area contributed by atoms with Crippen LogP contribution in [-0.2, 0) is 0 Å². The Morgan fingerprint density at radius 1 is 1.21 bits per heavy atom. The number of rotatable bonds is 6. The number of likely N-dealkylation sites (N-methyl/N-ethyl adjacent to an activating group) is 1. The first kappa shape index (κ1) is 18.5. The normalized spacial score (nSPS) is 15.8. The summed E-state index contributed by atoms with van der Waals surface area (Å²) < 4.78 is 5.76. The van der Waals surface area contributed by atoms with E-state index < -0.39 is 0 Å². The molecule has 0 bridgehead atoms. The topological polar surface area (TPSA) is 48.1 Å². The Bertz CT molecular complexity index is 526. The van der Waals surface area contributed by atoms with Gasteiger partial charge in [-0.05, 0) is 40.1 Å². The molecule has 0 unspecified atom stereocenters. The van der Waals surface area contributed by atoms with Crippen LogP contribution in [0.1, 0.15) is 13.8 Å². The maximum atomic E-state index is 12.5. The highest BCUT2D eigenvalue weighted by atomic mass is 16.5. The summed E-state index contributed by atoms with van der Waals surface area (Å²) in [7, 11) is 4.17. The molecule has 1 aliphatic heterocycles. The molecule has 6 nitrogen and oxygen atoms in total. The minimum atomic E-state index is -0.0536. The van der Waals surface area contributed by atoms with Crippen molar-refractivity contribution in [1.29, 1.82) is 0 Å². The fourth-order valence-electron chi connectivity index (χ4n) is 2.64. The summed E-state index contributed by atoms with van der Waals surface area (Å²) in [6.07, 6.45) is 0.0725. The number of nitrogens with one attached hydrogen (secondary N) is 1. The molecule has 1 saturated heterocycles. The minimum absolute atomic E-state index is 0.0536. The largest absolute Gasteiger partial charge is 0.489 e. The second-order valence-electron chi connectivity index (χ2n) is 6.72. The van der Waals surface area contributed by atoms with Crippen molar-refractivity contribution in [3.8, 4) is 5.75 Å². The molecular weight excluding hydrogens is 304 g/mol. The smallest absolute Gasteiger partial charge is 0.322 e. The van der Waals surface area contributed by atoms with Gasteiger partial charge in [-0.2, -0.15) is 0 Å². The lowest BCUT2D eigenvalue weighted by Crippen LogP contribution is -2.51. The average molecular weight is 334 g/mol. The highest BCUT2D eigenvalue weighted by molar-refractivity contribution is 5.91. The van der Waals surface area contributed by atoms with Crippen LogP contribution in [0, 0.1) is 0 Å². The van der Waals surface area contributed by atoms with Gasteiger partial charge in [0.05, 0.1) is 11.8 Å². The van der Waals surface area contributed by atoms with Crippen LogP contribution in [0.4, 0.5) is 10.5 Å². The summed E-state index contributed by atoms with van der Waals surface area (Å²) >= 11 is 0. The van der Waals surface area contributed by atoms with Gasteiger partial charge in [0.1, 0.15) is 5.75 Å². The number of hydrogen-bond acceptors (Lipinski definition) is 4. The maximum absolute atomic E-state index is 12.5. The van der Waals surface area contributed by atoms with Crippen molar-refractivity contribution in [2.75, 3.05) is 58.7 Å². The van der Waals surface area contributed by atoms with Crippen LogP contribution in [0.5, 0.6) is 5.75 Å².